The van der Waals surface area contributed by atoms with Gasteiger partial charge in [-0.3, -0.25) is 9.69 Å². The lowest BCUT2D eigenvalue weighted by Gasteiger charge is -2.26. The molecule has 0 unspecified atom stereocenters. The minimum atomic E-state index is -0.172. The molecule has 1 amide bonds. The van der Waals surface area contributed by atoms with Crippen LogP contribution in [-0.4, -0.2) is 56.8 Å². The van der Waals surface area contributed by atoms with Gasteiger partial charge in [-0.15, -0.1) is 0 Å². The number of rotatable bonds is 6. The quantitative estimate of drug-likeness (QED) is 0.863. The van der Waals surface area contributed by atoms with Crippen molar-refractivity contribution in [2.24, 2.45) is 0 Å². The summed E-state index contributed by atoms with van der Waals surface area (Å²) in [5.41, 5.74) is 0. The highest BCUT2D eigenvalue weighted by molar-refractivity contribution is 6.35. The first-order valence-corrected chi connectivity index (χ1v) is 7.55. The van der Waals surface area contributed by atoms with Crippen LogP contribution in [0.2, 0.25) is 10.0 Å². The fourth-order valence-corrected chi connectivity index (χ4v) is 2.43. The Bertz CT molecular complexity index is 479. The molecule has 1 fully saturated rings. The Hall–Kier alpha value is -1.01. The average Bonchev–Trinajstić information content (AvgIpc) is 2.47. The summed E-state index contributed by atoms with van der Waals surface area (Å²) in [6, 6.07) is 4.89. The molecule has 0 atom stereocenters. The Kier molecular flexibility index (Phi) is 6.57. The van der Waals surface area contributed by atoms with Gasteiger partial charge in [-0.2, -0.15) is 0 Å². The topological polar surface area (TPSA) is 50.8 Å². The van der Waals surface area contributed by atoms with Crippen LogP contribution in [0.1, 0.15) is 0 Å². The highest BCUT2D eigenvalue weighted by Crippen LogP contribution is 2.27. The molecule has 0 aromatic heterocycles. The second-order valence-electron chi connectivity index (χ2n) is 4.67. The molecule has 1 saturated heterocycles. The first-order chi connectivity index (χ1) is 10.1. The standard InChI is InChI=1S/C14H18Cl2N2O3/c15-11-1-2-13(12(16)9-11)21-10-14(19)17-3-4-18-5-7-20-8-6-18/h1-2,9H,3-8,10H2,(H,17,19). The van der Waals surface area contributed by atoms with Gasteiger partial charge in [0, 0.05) is 31.2 Å². The molecule has 21 heavy (non-hydrogen) atoms. The number of carbonyl (C=O) groups is 1. The number of ether oxygens (including phenoxy) is 2. The van der Waals surface area contributed by atoms with E-state index in [2.05, 4.69) is 10.2 Å². The van der Waals surface area contributed by atoms with E-state index in [9.17, 15) is 4.79 Å². The van der Waals surface area contributed by atoms with E-state index in [0.29, 0.717) is 22.3 Å². The maximum Gasteiger partial charge on any atom is 0.257 e. The van der Waals surface area contributed by atoms with Crippen LogP contribution in [0.25, 0.3) is 0 Å². The zero-order valence-electron chi connectivity index (χ0n) is 11.6. The summed E-state index contributed by atoms with van der Waals surface area (Å²) in [5.74, 6) is 0.277. The maximum atomic E-state index is 11.7. The van der Waals surface area contributed by atoms with Crippen LogP contribution < -0.4 is 10.1 Å². The highest BCUT2D eigenvalue weighted by Gasteiger charge is 2.10. The van der Waals surface area contributed by atoms with Crippen LogP contribution in [0.5, 0.6) is 5.75 Å². The van der Waals surface area contributed by atoms with E-state index in [1.54, 1.807) is 18.2 Å². The third kappa shape index (κ3) is 5.71. The first-order valence-electron chi connectivity index (χ1n) is 6.80. The molecule has 0 bridgehead atoms. The number of morpholine rings is 1. The number of benzene rings is 1. The smallest absolute Gasteiger partial charge is 0.257 e. The van der Waals surface area contributed by atoms with Gasteiger partial charge in [-0.1, -0.05) is 23.2 Å². The molecule has 1 aliphatic heterocycles. The van der Waals surface area contributed by atoms with Crippen LogP contribution in [0.15, 0.2) is 18.2 Å². The Labute approximate surface area is 134 Å². The molecular formula is C14H18Cl2N2O3. The molecule has 1 heterocycles. The Morgan fingerprint density at radius 1 is 1.33 bits per heavy atom. The van der Waals surface area contributed by atoms with Gasteiger partial charge in [0.1, 0.15) is 5.75 Å². The van der Waals surface area contributed by atoms with Crippen LogP contribution in [0.4, 0.5) is 0 Å². The third-order valence-corrected chi connectivity index (χ3v) is 3.64. The average molecular weight is 333 g/mol. The van der Waals surface area contributed by atoms with Crippen molar-refractivity contribution in [1.82, 2.24) is 10.2 Å². The number of amides is 1. The number of hydrogen-bond donors (Lipinski definition) is 1. The minimum Gasteiger partial charge on any atom is -0.482 e. The van der Waals surface area contributed by atoms with Gasteiger partial charge in [0.2, 0.25) is 0 Å². The van der Waals surface area contributed by atoms with Gasteiger partial charge >= 0.3 is 0 Å². The van der Waals surface area contributed by atoms with E-state index < -0.39 is 0 Å². The molecule has 0 aliphatic carbocycles. The predicted molar refractivity (Wildman–Crippen MR) is 82.2 cm³/mol. The Balaban J connectivity index is 1.65. The minimum absolute atomic E-state index is 0.0650. The van der Waals surface area contributed by atoms with Crippen LogP contribution in [-0.2, 0) is 9.53 Å². The van der Waals surface area contributed by atoms with Crippen LogP contribution in [0, 0.1) is 0 Å². The van der Waals surface area contributed by atoms with Crippen molar-refractivity contribution in [2.45, 2.75) is 0 Å². The molecule has 1 aromatic rings. The van der Waals surface area contributed by atoms with Crippen molar-refractivity contribution < 1.29 is 14.3 Å². The summed E-state index contributed by atoms with van der Waals surface area (Å²) in [6.07, 6.45) is 0. The molecule has 0 saturated carbocycles. The molecule has 0 radical (unpaired) electrons. The normalized spacial score (nSPS) is 15.7. The lowest BCUT2D eigenvalue weighted by molar-refractivity contribution is -0.123. The van der Waals surface area contributed by atoms with Crippen molar-refractivity contribution in [3.05, 3.63) is 28.2 Å². The molecule has 1 aromatic carbocycles. The molecular weight excluding hydrogens is 315 g/mol. The second-order valence-corrected chi connectivity index (χ2v) is 5.51. The zero-order chi connectivity index (χ0) is 15.1. The largest absolute Gasteiger partial charge is 0.482 e. The number of carbonyl (C=O) groups excluding carboxylic acids is 1. The number of nitrogens with zero attached hydrogens (tertiary/aromatic N) is 1. The van der Waals surface area contributed by atoms with Crippen LogP contribution in [0.3, 0.4) is 0 Å². The fourth-order valence-electron chi connectivity index (χ4n) is 1.96. The lowest BCUT2D eigenvalue weighted by atomic mass is 10.3. The summed E-state index contributed by atoms with van der Waals surface area (Å²) >= 11 is 11.7. The van der Waals surface area contributed by atoms with E-state index in [1.807, 2.05) is 0 Å². The van der Waals surface area contributed by atoms with Crippen molar-refractivity contribution in [3.63, 3.8) is 0 Å². The van der Waals surface area contributed by atoms with Crippen molar-refractivity contribution in [2.75, 3.05) is 46.0 Å². The summed E-state index contributed by atoms with van der Waals surface area (Å²) < 4.78 is 10.6. The van der Waals surface area contributed by atoms with Gasteiger partial charge in [0.05, 0.1) is 18.2 Å². The van der Waals surface area contributed by atoms with E-state index in [1.165, 1.54) is 0 Å². The molecule has 7 heteroatoms. The second kappa shape index (κ2) is 8.44. The van der Waals surface area contributed by atoms with Crippen molar-refractivity contribution in [1.29, 1.82) is 0 Å². The summed E-state index contributed by atoms with van der Waals surface area (Å²) in [6.45, 7) is 4.68. The predicted octanol–water partition coefficient (Wildman–Crippen LogP) is 1.82. The van der Waals surface area contributed by atoms with Gasteiger partial charge in [0.15, 0.2) is 6.61 Å². The third-order valence-electron chi connectivity index (χ3n) is 3.11. The van der Waals surface area contributed by atoms with Gasteiger partial charge in [-0.25, -0.2) is 0 Å². The van der Waals surface area contributed by atoms with Gasteiger partial charge < -0.3 is 14.8 Å². The first kappa shape index (κ1) is 16.4. The molecule has 1 N–H and O–H groups in total. The highest BCUT2D eigenvalue weighted by atomic mass is 35.5. The summed E-state index contributed by atoms with van der Waals surface area (Å²) in [5, 5.41) is 3.74. The van der Waals surface area contributed by atoms with E-state index in [-0.39, 0.29) is 12.5 Å². The van der Waals surface area contributed by atoms with Gasteiger partial charge in [-0.05, 0) is 18.2 Å². The monoisotopic (exact) mass is 332 g/mol. The molecule has 1 aliphatic rings. The number of hydrogen-bond acceptors (Lipinski definition) is 4. The van der Waals surface area contributed by atoms with E-state index in [0.717, 1.165) is 32.8 Å². The lowest BCUT2D eigenvalue weighted by Crippen LogP contribution is -2.42. The molecule has 0 spiro atoms. The van der Waals surface area contributed by atoms with E-state index in [4.69, 9.17) is 32.7 Å². The summed E-state index contributed by atoms with van der Waals surface area (Å²) in [4.78, 5) is 13.9. The molecule has 5 nitrogen and oxygen atoms in total. The van der Waals surface area contributed by atoms with E-state index >= 15 is 0 Å². The zero-order valence-corrected chi connectivity index (χ0v) is 13.1. The van der Waals surface area contributed by atoms with Crippen LogP contribution >= 0.6 is 23.2 Å². The summed E-state index contributed by atoms with van der Waals surface area (Å²) in [7, 11) is 0. The SMILES string of the molecule is O=C(COc1ccc(Cl)cc1Cl)NCCN1CCOCC1. The fraction of sp³-hybridized carbons (Fsp3) is 0.500. The van der Waals surface area contributed by atoms with Gasteiger partial charge in [0.25, 0.3) is 5.91 Å². The Morgan fingerprint density at radius 2 is 2.10 bits per heavy atom. The van der Waals surface area contributed by atoms with Crippen molar-refractivity contribution >= 4 is 29.1 Å². The Morgan fingerprint density at radius 3 is 2.81 bits per heavy atom. The molecule has 116 valence electrons. The maximum absolute atomic E-state index is 11.7. The number of halogens is 2. The van der Waals surface area contributed by atoms with Crippen molar-refractivity contribution in [3.8, 4) is 5.75 Å². The number of nitrogens with one attached hydrogen (secondary N) is 1. The molecule has 2 rings (SSSR count).